The average molecular weight is 544 g/mol. The Morgan fingerprint density at radius 1 is 1.09 bits per heavy atom. The first kappa shape index (κ1) is 27.3. The minimum absolute atomic E-state index is 0.185. The fourth-order valence-corrected chi connectivity index (χ4v) is 3.87. The summed E-state index contributed by atoms with van der Waals surface area (Å²) in [7, 11) is 0. The molecule has 0 unspecified atom stereocenters. The van der Waals surface area contributed by atoms with Gasteiger partial charge in [0.05, 0.1) is 5.02 Å². The summed E-state index contributed by atoms with van der Waals surface area (Å²) in [5, 5.41) is 3.81. The Hall–Kier alpha value is -2.98. The van der Waals surface area contributed by atoms with Crippen molar-refractivity contribution in [2.45, 2.75) is 27.0 Å². The van der Waals surface area contributed by atoms with Crippen molar-refractivity contribution in [2.75, 3.05) is 13.2 Å². The van der Waals surface area contributed by atoms with Crippen LogP contribution in [-0.4, -0.2) is 19.1 Å². The molecule has 0 spiro atoms. The van der Waals surface area contributed by atoms with Crippen molar-refractivity contribution in [1.29, 1.82) is 0 Å². The molecular weight excluding hydrogens is 516 g/mol. The van der Waals surface area contributed by atoms with Crippen molar-refractivity contribution in [3.8, 4) is 35.0 Å². The summed E-state index contributed by atoms with van der Waals surface area (Å²) in [4.78, 5) is 9.22. The zero-order chi connectivity index (χ0) is 24.9. The van der Waals surface area contributed by atoms with Gasteiger partial charge in [0.2, 0.25) is 5.91 Å². The highest BCUT2D eigenvalue weighted by molar-refractivity contribution is 9.10. The summed E-state index contributed by atoms with van der Waals surface area (Å²) in [5.74, 6) is 3.39. The van der Waals surface area contributed by atoms with Crippen LogP contribution in [0.5, 0.6) is 11.5 Å². The minimum atomic E-state index is -0.333. The van der Waals surface area contributed by atoms with E-state index in [0.717, 1.165) is 33.3 Å². The first-order chi connectivity index (χ1) is 16.4. The zero-order valence-electron chi connectivity index (χ0n) is 19.2. The number of carbonyl (C=O) groups is 1. The lowest BCUT2D eigenvalue weighted by Crippen LogP contribution is -2.13. The number of hydrogen-bond donors (Lipinski definition) is 2. The van der Waals surface area contributed by atoms with Gasteiger partial charge in [0.15, 0.2) is 0 Å². The molecular formula is C27H28BrClN2O3. The molecule has 1 amide bonds. The Balaban J connectivity index is 0.000000945. The Morgan fingerprint density at radius 3 is 2.44 bits per heavy atom. The van der Waals surface area contributed by atoms with Gasteiger partial charge in [-0.05, 0) is 39.7 Å². The lowest BCUT2D eigenvalue weighted by molar-refractivity contribution is -0.115. The first-order valence-electron chi connectivity index (χ1n) is 10.7. The van der Waals surface area contributed by atoms with Crippen LogP contribution in [-0.2, 0) is 17.9 Å². The largest absolute Gasteiger partial charge is 0.487 e. The van der Waals surface area contributed by atoms with E-state index in [4.69, 9.17) is 27.5 Å². The highest BCUT2D eigenvalue weighted by Gasteiger charge is 2.13. The Bertz CT molecular complexity index is 1130. The van der Waals surface area contributed by atoms with E-state index in [0.29, 0.717) is 29.7 Å². The number of nitrogens with two attached hydrogens (primary N) is 1. The lowest BCUT2D eigenvalue weighted by atomic mass is 10.0. The van der Waals surface area contributed by atoms with Crippen LogP contribution in [0, 0.1) is 12.3 Å². The van der Waals surface area contributed by atoms with E-state index >= 15 is 0 Å². The molecule has 34 heavy (non-hydrogen) atoms. The fraction of sp³-hybridized carbons (Fsp3) is 0.222. The highest BCUT2D eigenvalue weighted by atomic mass is 79.9. The maximum Gasteiger partial charge on any atom is 0.214 e. The first-order valence-corrected chi connectivity index (χ1v) is 11.9. The highest BCUT2D eigenvalue weighted by Crippen LogP contribution is 2.35. The van der Waals surface area contributed by atoms with E-state index in [1.807, 2.05) is 43.3 Å². The van der Waals surface area contributed by atoms with Gasteiger partial charge in [0, 0.05) is 35.1 Å². The minimum Gasteiger partial charge on any atom is -0.487 e. The predicted octanol–water partition coefficient (Wildman–Crippen LogP) is 5.96. The van der Waals surface area contributed by atoms with Crippen LogP contribution in [0.1, 0.15) is 25.0 Å². The molecule has 3 N–H and O–H groups in total. The van der Waals surface area contributed by atoms with Gasteiger partial charge in [-0.3, -0.25) is 4.79 Å². The van der Waals surface area contributed by atoms with Gasteiger partial charge >= 0.3 is 0 Å². The number of benzene rings is 3. The van der Waals surface area contributed by atoms with Gasteiger partial charge in [-0.15, -0.1) is 6.42 Å². The van der Waals surface area contributed by atoms with E-state index in [9.17, 15) is 4.79 Å². The van der Waals surface area contributed by atoms with Crippen LogP contribution < -0.4 is 20.5 Å². The Kier molecular flexibility index (Phi) is 11.5. The number of ether oxygens (including phenoxy) is 2. The number of terminal acetylenes is 1. The number of halogens is 2. The molecule has 0 saturated heterocycles. The van der Waals surface area contributed by atoms with Gasteiger partial charge in [0.25, 0.3) is 0 Å². The summed E-state index contributed by atoms with van der Waals surface area (Å²) in [6, 6.07) is 20.0. The summed E-state index contributed by atoms with van der Waals surface area (Å²) < 4.78 is 12.8. The normalized spacial score (nSPS) is 9.97. The summed E-state index contributed by atoms with van der Waals surface area (Å²) in [5.41, 5.74) is 8.69. The number of nitrogens with one attached hydrogen (secondary N) is 1. The van der Waals surface area contributed by atoms with Gasteiger partial charge in [-0.1, -0.05) is 73.0 Å². The predicted molar refractivity (Wildman–Crippen MR) is 142 cm³/mol. The van der Waals surface area contributed by atoms with Crippen LogP contribution in [0.3, 0.4) is 0 Å². The van der Waals surface area contributed by atoms with Gasteiger partial charge < -0.3 is 20.5 Å². The average Bonchev–Trinajstić information content (AvgIpc) is 2.82. The topological polar surface area (TPSA) is 73.6 Å². The molecule has 0 aliphatic heterocycles. The third kappa shape index (κ3) is 8.42. The second kappa shape index (κ2) is 14.3. The molecule has 0 fully saturated rings. The standard InChI is InChI=1S/C25H23BrClNO2.C2H5NO/c1-3-13-29-23-15-24(22(27)14-20(23)16-28-4-2)30-17-19-11-8-12-21(25(19)26)18-9-6-5-7-10-18;1-2(3)4/h1,5-12,14-15,28H,4,13,16-17H2,2H3;1H3,(H2,3,4). The van der Waals surface area contributed by atoms with Crippen LogP contribution in [0.25, 0.3) is 11.1 Å². The molecule has 3 aromatic rings. The number of carbonyl (C=O) groups excluding carboxylic acids is 1. The lowest BCUT2D eigenvalue weighted by Gasteiger charge is -2.16. The molecule has 178 valence electrons. The number of amides is 1. The molecule has 5 nitrogen and oxygen atoms in total. The van der Waals surface area contributed by atoms with E-state index < -0.39 is 0 Å². The number of hydrogen-bond acceptors (Lipinski definition) is 4. The molecule has 0 aromatic heterocycles. The van der Waals surface area contributed by atoms with Crippen molar-refractivity contribution in [3.63, 3.8) is 0 Å². The molecule has 0 radical (unpaired) electrons. The molecule has 3 rings (SSSR count). The molecule has 0 aliphatic carbocycles. The van der Waals surface area contributed by atoms with E-state index in [1.54, 1.807) is 6.07 Å². The Labute approximate surface area is 214 Å². The Morgan fingerprint density at radius 2 is 1.79 bits per heavy atom. The monoisotopic (exact) mass is 542 g/mol. The third-order valence-electron chi connectivity index (χ3n) is 4.54. The summed E-state index contributed by atoms with van der Waals surface area (Å²) in [6.45, 7) is 5.38. The second-order valence-electron chi connectivity index (χ2n) is 7.21. The van der Waals surface area contributed by atoms with Crippen molar-refractivity contribution in [1.82, 2.24) is 5.32 Å². The van der Waals surface area contributed by atoms with Crippen molar-refractivity contribution >= 4 is 33.4 Å². The van der Waals surface area contributed by atoms with Crippen LogP contribution >= 0.6 is 27.5 Å². The number of rotatable bonds is 9. The van der Waals surface area contributed by atoms with Gasteiger partial charge in [-0.25, -0.2) is 0 Å². The zero-order valence-corrected chi connectivity index (χ0v) is 21.6. The number of primary amides is 1. The molecule has 0 aliphatic rings. The van der Waals surface area contributed by atoms with E-state index in [1.165, 1.54) is 6.92 Å². The van der Waals surface area contributed by atoms with Gasteiger partial charge in [0.1, 0.15) is 24.7 Å². The van der Waals surface area contributed by atoms with E-state index in [-0.39, 0.29) is 12.5 Å². The van der Waals surface area contributed by atoms with Crippen LogP contribution in [0.2, 0.25) is 5.02 Å². The molecule has 0 atom stereocenters. The second-order valence-corrected chi connectivity index (χ2v) is 8.41. The third-order valence-corrected chi connectivity index (χ3v) is 5.77. The molecule has 3 aromatic carbocycles. The molecule has 7 heteroatoms. The van der Waals surface area contributed by atoms with Crippen LogP contribution in [0.4, 0.5) is 0 Å². The fourth-order valence-electron chi connectivity index (χ4n) is 3.03. The van der Waals surface area contributed by atoms with Crippen molar-refractivity contribution in [2.24, 2.45) is 5.73 Å². The summed E-state index contributed by atoms with van der Waals surface area (Å²) >= 11 is 10.2. The maximum atomic E-state index is 9.22. The van der Waals surface area contributed by atoms with Crippen molar-refractivity contribution in [3.05, 3.63) is 81.3 Å². The molecule has 0 saturated carbocycles. The summed E-state index contributed by atoms with van der Waals surface area (Å²) in [6.07, 6.45) is 5.35. The molecule has 0 heterocycles. The van der Waals surface area contributed by atoms with E-state index in [2.05, 4.69) is 51.1 Å². The van der Waals surface area contributed by atoms with Gasteiger partial charge in [-0.2, -0.15) is 0 Å². The quantitative estimate of drug-likeness (QED) is 0.327. The SMILES string of the molecule is C#CCOc1cc(OCc2cccc(-c3ccccc3)c2Br)c(Cl)cc1CNCC.CC(N)=O. The van der Waals surface area contributed by atoms with Crippen molar-refractivity contribution < 1.29 is 14.3 Å². The molecule has 0 bridgehead atoms. The smallest absolute Gasteiger partial charge is 0.214 e. The maximum absolute atomic E-state index is 9.22. The van der Waals surface area contributed by atoms with Crippen LogP contribution in [0.15, 0.2) is 65.1 Å².